The maximum atomic E-state index is 6.51. The number of rotatable bonds is 2. The number of fused-ring (bicyclic) bond motifs is 1. The fraction of sp³-hybridized carbons (Fsp3) is 0.529. The second-order valence-corrected chi connectivity index (χ2v) is 5.82. The molecule has 1 aromatic carbocycles. The highest BCUT2D eigenvalue weighted by Gasteiger charge is 2.26. The van der Waals surface area contributed by atoms with Gasteiger partial charge in [0.15, 0.2) is 0 Å². The Balaban J connectivity index is 1.73. The second-order valence-electron chi connectivity index (χ2n) is 5.82. The second kappa shape index (κ2) is 5.27. The van der Waals surface area contributed by atoms with Gasteiger partial charge in [-0.25, -0.2) is 0 Å². The van der Waals surface area contributed by atoms with Gasteiger partial charge in [0.25, 0.3) is 0 Å². The summed E-state index contributed by atoms with van der Waals surface area (Å²) in [5, 5.41) is 0. The molecule has 0 saturated carbocycles. The molecule has 0 aromatic heterocycles. The SMILES string of the molecule is NC(C1=CCCCC1)C1CCc2ccccc2C1. The number of aryl methyl sites for hydroxylation is 1. The first-order valence-corrected chi connectivity index (χ1v) is 7.36. The fourth-order valence-corrected chi connectivity index (χ4v) is 3.50. The minimum atomic E-state index is 0.304. The highest BCUT2D eigenvalue weighted by molar-refractivity contribution is 5.31. The first kappa shape index (κ1) is 12.0. The van der Waals surface area contributed by atoms with Crippen LogP contribution in [-0.2, 0) is 12.8 Å². The molecule has 0 bridgehead atoms. The largest absolute Gasteiger partial charge is 0.324 e. The summed E-state index contributed by atoms with van der Waals surface area (Å²) in [6.45, 7) is 0. The first-order chi connectivity index (χ1) is 8.84. The monoisotopic (exact) mass is 241 g/mol. The molecule has 0 fully saturated rings. The number of allylic oxidation sites excluding steroid dienone is 1. The van der Waals surface area contributed by atoms with Crippen molar-refractivity contribution >= 4 is 0 Å². The summed E-state index contributed by atoms with van der Waals surface area (Å²) in [5.41, 5.74) is 11.1. The molecule has 1 nitrogen and oxygen atoms in total. The predicted octanol–water partition coefficient (Wildman–Crippen LogP) is 3.62. The van der Waals surface area contributed by atoms with Crippen LogP contribution >= 0.6 is 0 Å². The minimum Gasteiger partial charge on any atom is -0.324 e. The van der Waals surface area contributed by atoms with E-state index < -0.39 is 0 Å². The summed E-state index contributed by atoms with van der Waals surface area (Å²) in [4.78, 5) is 0. The van der Waals surface area contributed by atoms with Crippen molar-refractivity contribution in [1.82, 2.24) is 0 Å². The molecule has 96 valence electrons. The molecular weight excluding hydrogens is 218 g/mol. The van der Waals surface area contributed by atoms with E-state index in [2.05, 4.69) is 30.3 Å². The van der Waals surface area contributed by atoms with Crippen molar-refractivity contribution in [2.24, 2.45) is 11.7 Å². The van der Waals surface area contributed by atoms with Crippen LogP contribution in [0.2, 0.25) is 0 Å². The average molecular weight is 241 g/mol. The van der Waals surface area contributed by atoms with E-state index in [1.54, 1.807) is 5.56 Å². The van der Waals surface area contributed by atoms with Crippen LogP contribution in [0.1, 0.15) is 43.2 Å². The lowest BCUT2D eigenvalue weighted by Crippen LogP contribution is -2.36. The van der Waals surface area contributed by atoms with Gasteiger partial charge in [-0.1, -0.05) is 35.9 Å². The van der Waals surface area contributed by atoms with Crippen LogP contribution in [0.15, 0.2) is 35.9 Å². The molecule has 0 radical (unpaired) electrons. The Kier molecular flexibility index (Phi) is 3.51. The summed E-state index contributed by atoms with van der Waals surface area (Å²) in [6.07, 6.45) is 11.2. The third kappa shape index (κ3) is 2.37. The van der Waals surface area contributed by atoms with Gasteiger partial charge in [-0.05, 0) is 62.0 Å². The lowest BCUT2D eigenvalue weighted by molar-refractivity contribution is 0.394. The highest BCUT2D eigenvalue weighted by atomic mass is 14.7. The van der Waals surface area contributed by atoms with Crippen molar-refractivity contribution in [3.05, 3.63) is 47.0 Å². The standard InChI is InChI=1S/C17H23N/c18-17(14-7-2-1-3-8-14)16-11-10-13-6-4-5-9-15(13)12-16/h4-7,9,16-17H,1-3,8,10-12,18H2. The van der Waals surface area contributed by atoms with Crippen molar-refractivity contribution in [2.45, 2.75) is 51.0 Å². The van der Waals surface area contributed by atoms with Gasteiger partial charge < -0.3 is 5.73 Å². The van der Waals surface area contributed by atoms with E-state index in [1.807, 2.05) is 0 Å². The molecule has 1 heteroatoms. The van der Waals surface area contributed by atoms with Crippen LogP contribution in [0.3, 0.4) is 0 Å². The lowest BCUT2D eigenvalue weighted by atomic mass is 9.76. The lowest BCUT2D eigenvalue weighted by Gasteiger charge is -2.32. The van der Waals surface area contributed by atoms with Crippen LogP contribution < -0.4 is 5.73 Å². The Labute approximate surface area is 110 Å². The van der Waals surface area contributed by atoms with Crippen molar-refractivity contribution in [2.75, 3.05) is 0 Å². The summed E-state index contributed by atoms with van der Waals surface area (Å²) in [6, 6.07) is 9.18. The van der Waals surface area contributed by atoms with Crippen LogP contribution in [0.25, 0.3) is 0 Å². The maximum Gasteiger partial charge on any atom is 0.0285 e. The van der Waals surface area contributed by atoms with Gasteiger partial charge in [0.1, 0.15) is 0 Å². The van der Waals surface area contributed by atoms with Gasteiger partial charge in [-0.15, -0.1) is 0 Å². The van der Waals surface area contributed by atoms with E-state index in [4.69, 9.17) is 5.73 Å². The fourth-order valence-electron chi connectivity index (χ4n) is 3.50. The van der Waals surface area contributed by atoms with E-state index >= 15 is 0 Å². The molecule has 0 saturated heterocycles. The van der Waals surface area contributed by atoms with Gasteiger partial charge in [0, 0.05) is 6.04 Å². The maximum absolute atomic E-state index is 6.51. The molecule has 3 rings (SSSR count). The van der Waals surface area contributed by atoms with Crippen LogP contribution in [0.4, 0.5) is 0 Å². The normalized spacial score (nSPS) is 25.2. The molecule has 2 aliphatic carbocycles. The molecule has 2 unspecified atom stereocenters. The molecule has 2 aliphatic rings. The van der Waals surface area contributed by atoms with Crippen LogP contribution in [0, 0.1) is 5.92 Å². The zero-order chi connectivity index (χ0) is 12.4. The summed E-state index contributed by atoms with van der Waals surface area (Å²) < 4.78 is 0. The Morgan fingerprint density at radius 2 is 1.89 bits per heavy atom. The van der Waals surface area contributed by atoms with Gasteiger partial charge in [0.05, 0.1) is 0 Å². The number of nitrogens with two attached hydrogens (primary N) is 1. The van der Waals surface area contributed by atoms with Crippen molar-refractivity contribution in [1.29, 1.82) is 0 Å². The first-order valence-electron chi connectivity index (χ1n) is 7.36. The summed E-state index contributed by atoms with van der Waals surface area (Å²) in [7, 11) is 0. The molecule has 2 N–H and O–H groups in total. The van der Waals surface area contributed by atoms with E-state index in [0.29, 0.717) is 12.0 Å². The molecular formula is C17H23N. The minimum absolute atomic E-state index is 0.304. The quantitative estimate of drug-likeness (QED) is 0.786. The van der Waals surface area contributed by atoms with Gasteiger partial charge in [-0.2, -0.15) is 0 Å². The Morgan fingerprint density at radius 1 is 1.06 bits per heavy atom. The molecule has 0 heterocycles. The smallest absolute Gasteiger partial charge is 0.0285 e. The summed E-state index contributed by atoms with van der Waals surface area (Å²) in [5.74, 6) is 0.657. The van der Waals surface area contributed by atoms with Crippen molar-refractivity contribution in [3.8, 4) is 0 Å². The number of hydrogen-bond acceptors (Lipinski definition) is 1. The number of benzene rings is 1. The molecule has 0 aliphatic heterocycles. The van der Waals surface area contributed by atoms with Crippen LogP contribution in [-0.4, -0.2) is 6.04 Å². The van der Waals surface area contributed by atoms with Crippen molar-refractivity contribution < 1.29 is 0 Å². The zero-order valence-electron chi connectivity index (χ0n) is 11.1. The Bertz CT molecular complexity index is 447. The van der Waals surface area contributed by atoms with E-state index in [-0.39, 0.29) is 0 Å². The van der Waals surface area contributed by atoms with Gasteiger partial charge in [0.2, 0.25) is 0 Å². The Hall–Kier alpha value is -1.08. The Morgan fingerprint density at radius 3 is 2.67 bits per heavy atom. The van der Waals surface area contributed by atoms with E-state index in [9.17, 15) is 0 Å². The third-order valence-electron chi connectivity index (χ3n) is 4.65. The van der Waals surface area contributed by atoms with Crippen molar-refractivity contribution in [3.63, 3.8) is 0 Å². The highest BCUT2D eigenvalue weighted by Crippen LogP contribution is 2.31. The molecule has 1 aromatic rings. The van der Waals surface area contributed by atoms with E-state index in [0.717, 1.165) is 0 Å². The number of hydrogen-bond donors (Lipinski definition) is 1. The topological polar surface area (TPSA) is 26.0 Å². The van der Waals surface area contributed by atoms with Gasteiger partial charge >= 0.3 is 0 Å². The zero-order valence-corrected chi connectivity index (χ0v) is 11.1. The van der Waals surface area contributed by atoms with Gasteiger partial charge in [-0.3, -0.25) is 0 Å². The molecule has 2 atom stereocenters. The molecule has 0 spiro atoms. The van der Waals surface area contributed by atoms with E-state index in [1.165, 1.54) is 56.1 Å². The van der Waals surface area contributed by atoms with Crippen LogP contribution in [0.5, 0.6) is 0 Å². The average Bonchev–Trinajstić information content (AvgIpc) is 2.47. The summed E-state index contributed by atoms with van der Waals surface area (Å²) >= 11 is 0. The third-order valence-corrected chi connectivity index (χ3v) is 4.65. The predicted molar refractivity (Wildman–Crippen MR) is 76.5 cm³/mol. The molecule has 0 amide bonds. The molecule has 18 heavy (non-hydrogen) atoms.